The van der Waals surface area contributed by atoms with Gasteiger partial charge in [-0.3, -0.25) is 4.79 Å². The van der Waals surface area contributed by atoms with E-state index in [1.165, 1.54) is 6.92 Å². The Balaban J connectivity index is 1.94. The van der Waals surface area contributed by atoms with Crippen molar-refractivity contribution in [1.82, 2.24) is 0 Å². The molecule has 28 heavy (non-hydrogen) atoms. The van der Waals surface area contributed by atoms with E-state index in [4.69, 9.17) is 14.2 Å². The highest BCUT2D eigenvalue weighted by atomic mass is 16.6. The molecule has 3 rings (SSSR count). The lowest BCUT2D eigenvalue weighted by molar-refractivity contribution is -0.157. The average Bonchev–Trinajstić information content (AvgIpc) is 3.13. The van der Waals surface area contributed by atoms with E-state index in [0.29, 0.717) is 31.3 Å². The number of hydrogen-bond donors (Lipinski definition) is 1. The van der Waals surface area contributed by atoms with Crippen molar-refractivity contribution < 1.29 is 28.9 Å². The van der Waals surface area contributed by atoms with Gasteiger partial charge in [-0.15, -0.1) is 0 Å². The minimum atomic E-state index is -0.935. The molecule has 154 valence electrons. The van der Waals surface area contributed by atoms with Crippen molar-refractivity contribution in [2.24, 2.45) is 5.92 Å². The molecule has 0 radical (unpaired) electrons. The zero-order valence-electron chi connectivity index (χ0n) is 17.1. The Morgan fingerprint density at radius 1 is 1.39 bits per heavy atom. The first-order chi connectivity index (χ1) is 13.0. The molecule has 0 aromatic rings. The van der Waals surface area contributed by atoms with Gasteiger partial charge < -0.3 is 19.3 Å². The Labute approximate surface area is 166 Å². The third-order valence-corrected chi connectivity index (χ3v) is 6.01. The van der Waals surface area contributed by atoms with Crippen LogP contribution in [-0.2, 0) is 23.8 Å². The summed E-state index contributed by atoms with van der Waals surface area (Å²) >= 11 is 0. The molecule has 2 saturated heterocycles. The van der Waals surface area contributed by atoms with Gasteiger partial charge in [0.1, 0.15) is 6.10 Å². The van der Waals surface area contributed by atoms with Crippen LogP contribution >= 0.6 is 0 Å². The molecule has 6 atom stereocenters. The first-order valence-corrected chi connectivity index (χ1v) is 9.84. The summed E-state index contributed by atoms with van der Waals surface area (Å²) in [5.41, 5.74) is -0.0770. The molecule has 6 heteroatoms. The van der Waals surface area contributed by atoms with E-state index < -0.39 is 29.7 Å². The molecule has 1 N–H and O–H groups in total. The molecular formula is C22H30O6. The minimum Gasteiger partial charge on any atom is -0.454 e. The number of rotatable bonds is 1. The molecule has 2 heterocycles. The van der Waals surface area contributed by atoms with Gasteiger partial charge in [0.15, 0.2) is 6.10 Å². The summed E-state index contributed by atoms with van der Waals surface area (Å²) in [6.45, 7) is 10.9. The van der Waals surface area contributed by atoms with Crippen LogP contribution in [0.4, 0.5) is 0 Å². The number of aliphatic hydroxyl groups is 1. The maximum Gasteiger partial charge on any atom is 0.334 e. The van der Waals surface area contributed by atoms with Gasteiger partial charge in [0.05, 0.1) is 17.3 Å². The lowest BCUT2D eigenvalue weighted by atomic mass is 9.84. The SMILES string of the molecule is C=C1C(=O)O[C@@H]2[C@@H]1C[C@@H]1O[C@@]1(C)C/C=C/[C@](C)(O)CC/C=C(\C)[C@@H]2OC(C)=O. The first-order valence-electron chi connectivity index (χ1n) is 9.84. The highest BCUT2D eigenvalue weighted by Crippen LogP contribution is 2.47. The van der Waals surface area contributed by atoms with Crippen molar-refractivity contribution in [2.75, 3.05) is 0 Å². The van der Waals surface area contributed by atoms with Crippen molar-refractivity contribution >= 4 is 11.9 Å². The van der Waals surface area contributed by atoms with E-state index in [9.17, 15) is 14.7 Å². The largest absolute Gasteiger partial charge is 0.454 e. The quantitative estimate of drug-likeness (QED) is 0.321. The predicted molar refractivity (Wildman–Crippen MR) is 103 cm³/mol. The number of ether oxygens (including phenoxy) is 3. The summed E-state index contributed by atoms with van der Waals surface area (Å²) in [5.74, 6) is -1.16. The summed E-state index contributed by atoms with van der Waals surface area (Å²) < 4.78 is 17.1. The van der Waals surface area contributed by atoms with E-state index in [1.807, 2.05) is 32.1 Å². The summed E-state index contributed by atoms with van der Waals surface area (Å²) in [4.78, 5) is 24.0. The van der Waals surface area contributed by atoms with Gasteiger partial charge in [0, 0.05) is 18.4 Å². The highest BCUT2D eigenvalue weighted by molar-refractivity contribution is 5.91. The fourth-order valence-electron chi connectivity index (χ4n) is 4.12. The van der Waals surface area contributed by atoms with Crippen LogP contribution in [0.15, 0.2) is 36.0 Å². The van der Waals surface area contributed by atoms with Crippen molar-refractivity contribution in [3.8, 4) is 0 Å². The Morgan fingerprint density at radius 2 is 2.11 bits per heavy atom. The Kier molecular flexibility index (Phi) is 5.56. The van der Waals surface area contributed by atoms with Crippen LogP contribution < -0.4 is 0 Å². The Morgan fingerprint density at radius 3 is 2.79 bits per heavy atom. The second kappa shape index (κ2) is 7.48. The molecule has 2 aliphatic heterocycles. The third-order valence-electron chi connectivity index (χ3n) is 6.01. The van der Waals surface area contributed by atoms with E-state index in [0.717, 1.165) is 5.57 Å². The van der Waals surface area contributed by atoms with Crippen LogP contribution in [0.1, 0.15) is 53.4 Å². The zero-order chi connectivity index (χ0) is 20.7. The topological polar surface area (TPSA) is 85.4 Å². The van der Waals surface area contributed by atoms with E-state index in [-0.39, 0.29) is 17.6 Å². The first kappa shape index (κ1) is 20.8. The van der Waals surface area contributed by atoms with Crippen LogP contribution in [0, 0.1) is 5.92 Å². The molecule has 0 amide bonds. The van der Waals surface area contributed by atoms with E-state index in [1.54, 1.807) is 6.92 Å². The smallest absolute Gasteiger partial charge is 0.334 e. The number of carbonyl (C=O) groups excluding carboxylic acids is 2. The summed E-state index contributed by atoms with van der Waals surface area (Å²) in [7, 11) is 0. The lowest BCUT2D eigenvalue weighted by Crippen LogP contribution is -2.37. The molecule has 6 nitrogen and oxygen atoms in total. The molecule has 0 spiro atoms. The van der Waals surface area contributed by atoms with Gasteiger partial charge in [-0.1, -0.05) is 24.8 Å². The number of esters is 2. The van der Waals surface area contributed by atoms with Gasteiger partial charge in [-0.2, -0.15) is 0 Å². The van der Waals surface area contributed by atoms with Gasteiger partial charge in [0.2, 0.25) is 0 Å². The van der Waals surface area contributed by atoms with Crippen molar-refractivity contribution in [2.45, 2.75) is 82.9 Å². The Hall–Kier alpha value is -1.92. The van der Waals surface area contributed by atoms with Crippen molar-refractivity contribution in [3.63, 3.8) is 0 Å². The molecule has 0 unspecified atom stereocenters. The number of carbonyl (C=O) groups is 2. The van der Waals surface area contributed by atoms with Crippen LogP contribution in [0.3, 0.4) is 0 Å². The Bertz CT molecular complexity index is 733. The second-order valence-electron chi connectivity index (χ2n) is 8.64. The number of epoxide rings is 1. The molecule has 0 saturated carbocycles. The van der Waals surface area contributed by atoms with Crippen molar-refractivity contribution in [1.29, 1.82) is 0 Å². The average molecular weight is 390 g/mol. The number of hydrogen-bond acceptors (Lipinski definition) is 6. The summed E-state index contributed by atoms with van der Waals surface area (Å²) in [6.07, 6.45) is 6.74. The third kappa shape index (κ3) is 4.39. The fourth-order valence-corrected chi connectivity index (χ4v) is 4.12. The summed E-state index contributed by atoms with van der Waals surface area (Å²) in [6, 6.07) is 0. The van der Waals surface area contributed by atoms with Gasteiger partial charge in [-0.05, 0) is 52.0 Å². The second-order valence-corrected chi connectivity index (χ2v) is 8.64. The van der Waals surface area contributed by atoms with Crippen molar-refractivity contribution in [3.05, 3.63) is 36.0 Å². The molecule has 0 aromatic heterocycles. The molecule has 2 fully saturated rings. The summed E-state index contributed by atoms with van der Waals surface area (Å²) in [5, 5.41) is 10.6. The maximum atomic E-state index is 12.2. The molecule has 1 aliphatic carbocycles. The zero-order valence-corrected chi connectivity index (χ0v) is 17.1. The van der Waals surface area contributed by atoms with Crippen LogP contribution in [0.2, 0.25) is 0 Å². The van der Waals surface area contributed by atoms with E-state index >= 15 is 0 Å². The fraction of sp³-hybridized carbons (Fsp3) is 0.636. The molecule has 0 aromatic carbocycles. The van der Waals surface area contributed by atoms with Gasteiger partial charge >= 0.3 is 11.9 Å². The van der Waals surface area contributed by atoms with Gasteiger partial charge in [-0.25, -0.2) is 4.79 Å². The predicted octanol–water partition coefficient (Wildman–Crippen LogP) is 3.00. The monoisotopic (exact) mass is 390 g/mol. The van der Waals surface area contributed by atoms with Gasteiger partial charge in [0.25, 0.3) is 0 Å². The number of allylic oxidation sites excluding steroid dienone is 1. The normalized spacial score (nSPS) is 44.2. The minimum absolute atomic E-state index is 0.0500. The van der Waals surface area contributed by atoms with E-state index in [2.05, 4.69) is 6.58 Å². The van der Waals surface area contributed by atoms with Crippen LogP contribution in [0.25, 0.3) is 0 Å². The standard InChI is InChI=1S/C22H30O6/c1-13-8-6-9-21(4,25)10-7-11-22(5)17(28-22)12-16-14(2)20(24)27-19(16)18(13)26-15(3)23/h7-8,10,16-19,25H,2,6,9,11-12H2,1,3-5H3/b10-7+,13-8+/t16-,17+,18+,19-,21-,22+/m1/s1. The molecule has 0 bridgehead atoms. The van der Waals surface area contributed by atoms with Crippen LogP contribution in [-0.4, -0.2) is 46.6 Å². The highest BCUT2D eigenvalue weighted by Gasteiger charge is 2.55. The van der Waals surface area contributed by atoms with Crippen LogP contribution in [0.5, 0.6) is 0 Å². The molecule has 3 aliphatic rings. The maximum absolute atomic E-state index is 12.2. The molecular weight excluding hydrogens is 360 g/mol. The lowest BCUT2D eigenvalue weighted by Gasteiger charge is -2.28. The number of fused-ring (bicyclic) bond motifs is 2.